The summed E-state index contributed by atoms with van der Waals surface area (Å²) in [6, 6.07) is 18.4. The van der Waals surface area contributed by atoms with Crippen LogP contribution in [0.2, 0.25) is 0 Å². The second-order valence-electron chi connectivity index (χ2n) is 6.77. The van der Waals surface area contributed by atoms with E-state index in [1.54, 1.807) is 24.3 Å². The SMILES string of the molecule is N#Cc1c(SCc2ccccc2)n[nH]c1NC(=O)CCN1C(=O)c2ccccc2C1=O. The van der Waals surface area contributed by atoms with Gasteiger partial charge in [-0.25, -0.2) is 0 Å². The van der Waals surface area contributed by atoms with Crippen LogP contribution >= 0.6 is 11.8 Å². The first kappa shape index (κ1) is 20.4. The summed E-state index contributed by atoms with van der Waals surface area (Å²) < 4.78 is 0. The Labute approximate surface area is 182 Å². The Morgan fingerprint density at radius 2 is 1.71 bits per heavy atom. The van der Waals surface area contributed by atoms with Crippen molar-refractivity contribution >= 4 is 35.3 Å². The molecule has 0 spiro atoms. The van der Waals surface area contributed by atoms with Crippen molar-refractivity contribution in [2.75, 3.05) is 11.9 Å². The third-order valence-corrected chi connectivity index (χ3v) is 5.81. The van der Waals surface area contributed by atoms with E-state index in [0.717, 1.165) is 10.5 Å². The summed E-state index contributed by atoms with van der Waals surface area (Å²) in [6.07, 6.45) is -0.0954. The highest BCUT2D eigenvalue weighted by molar-refractivity contribution is 7.98. The topological polar surface area (TPSA) is 119 Å². The largest absolute Gasteiger partial charge is 0.310 e. The number of amides is 3. The number of rotatable bonds is 7. The van der Waals surface area contributed by atoms with Crippen LogP contribution in [0.3, 0.4) is 0 Å². The molecule has 9 heteroatoms. The molecule has 31 heavy (non-hydrogen) atoms. The lowest BCUT2D eigenvalue weighted by Gasteiger charge is -2.13. The van der Waals surface area contributed by atoms with Gasteiger partial charge in [0.05, 0.1) is 11.1 Å². The molecule has 0 radical (unpaired) electrons. The molecule has 0 saturated heterocycles. The van der Waals surface area contributed by atoms with Crippen LogP contribution in [0.1, 0.15) is 38.3 Å². The second-order valence-corrected chi connectivity index (χ2v) is 7.73. The van der Waals surface area contributed by atoms with Crippen LogP contribution < -0.4 is 5.32 Å². The van der Waals surface area contributed by atoms with Crippen molar-refractivity contribution in [1.82, 2.24) is 15.1 Å². The third-order valence-electron chi connectivity index (χ3n) is 4.77. The van der Waals surface area contributed by atoms with Gasteiger partial charge in [-0.3, -0.25) is 24.4 Å². The maximum Gasteiger partial charge on any atom is 0.261 e. The fourth-order valence-electron chi connectivity index (χ4n) is 3.21. The maximum absolute atomic E-state index is 12.4. The molecule has 1 aliphatic rings. The fourth-order valence-corrected chi connectivity index (χ4v) is 4.11. The van der Waals surface area contributed by atoms with Gasteiger partial charge in [0.2, 0.25) is 5.91 Å². The average Bonchev–Trinajstić information content (AvgIpc) is 3.29. The van der Waals surface area contributed by atoms with Crippen LogP contribution in [0, 0.1) is 11.3 Å². The Balaban J connectivity index is 1.36. The van der Waals surface area contributed by atoms with Crippen LogP contribution in [0.4, 0.5) is 5.82 Å². The van der Waals surface area contributed by atoms with Crippen molar-refractivity contribution < 1.29 is 14.4 Å². The van der Waals surface area contributed by atoms with Crippen molar-refractivity contribution in [3.8, 4) is 6.07 Å². The molecule has 3 aromatic rings. The first-order valence-corrected chi connectivity index (χ1v) is 10.5. The van der Waals surface area contributed by atoms with Crippen LogP contribution in [0.15, 0.2) is 59.6 Å². The van der Waals surface area contributed by atoms with E-state index in [1.165, 1.54) is 11.8 Å². The Morgan fingerprint density at radius 3 is 2.35 bits per heavy atom. The molecule has 1 aromatic heterocycles. The van der Waals surface area contributed by atoms with Gasteiger partial charge in [0.15, 0.2) is 0 Å². The number of carbonyl (C=O) groups is 3. The van der Waals surface area contributed by atoms with Gasteiger partial charge in [-0.2, -0.15) is 10.4 Å². The van der Waals surface area contributed by atoms with Gasteiger partial charge in [0, 0.05) is 18.7 Å². The number of carbonyl (C=O) groups excluding carboxylic acids is 3. The molecule has 0 atom stereocenters. The predicted molar refractivity (Wildman–Crippen MR) is 114 cm³/mol. The molecule has 4 rings (SSSR count). The summed E-state index contributed by atoms with van der Waals surface area (Å²) in [5.74, 6) is -0.422. The van der Waals surface area contributed by atoms with Gasteiger partial charge in [-0.05, 0) is 17.7 Å². The van der Waals surface area contributed by atoms with Crippen molar-refractivity contribution in [3.63, 3.8) is 0 Å². The van der Waals surface area contributed by atoms with Crippen molar-refractivity contribution in [2.24, 2.45) is 0 Å². The monoisotopic (exact) mass is 431 g/mol. The van der Waals surface area contributed by atoms with Gasteiger partial charge < -0.3 is 5.32 Å². The van der Waals surface area contributed by atoms with E-state index in [2.05, 4.69) is 21.6 Å². The number of anilines is 1. The minimum absolute atomic E-state index is 0.0518. The first-order valence-electron chi connectivity index (χ1n) is 9.48. The molecular weight excluding hydrogens is 414 g/mol. The zero-order chi connectivity index (χ0) is 21.8. The molecule has 0 unspecified atom stereocenters. The summed E-state index contributed by atoms with van der Waals surface area (Å²) in [7, 11) is 0. The zero-order valence-electron chi connectivity index (χ0n) is 16.3. The van der Waals surface area contributed by atoms with Crippen molar-refractivity contribution in [1.29, 1.82) is 5.26 Å². The molecule has 8 nitrogen and oxygen atoms in total. The number of nitrogens with one attached hydrogen (secondary N) is 2. The van der Waals surface area contributed by atoms with E-state index in [1.807, 2.05) is 30.3 Å². The molecule has 0 saturated carbocycles. The summed E-state index contributed by atoms with van der Waals surface area (Å²) in [6.45, 7) is -0.0518. The Kier molecular flexibility index (Phi) is 5.82. The van der Waals surface area contributed by atoms with Crippen LogP contribution in [0.5, 0.6) is 0 Å². The van der Waals surface area contributed by atoms with Crippen molar-refractivity contribution in [2.45, 2.75) is 17.2 Å². The number of imide groups is 1. The number of thioether (sulfide) groups is 1. The summed E-state index contributed by atoms with van der Waals surface area (Å²) in [5, 5.41) is 19.4. The van der Waals surface area contributed by atoms with E-state index in [-0.39, 0.29) is 24.3 Å². The van der Waals surface area contributed by atoms with Gasteiger partial charge in [0.25, 0.3) is 11.8 Å². The number of benzene rings is 2. The summed E-state index contributed by atoms with van der Waals surface area (Å²) in [4.78, 5) is 38.2. The van der Waals surface area contributed by atoms with Gasteiger partial charge in [-0.15, -0.1) is 0 Å². The number of hydrogen-bond acceptors (Lipinski definition) is 6. The zero-order valence-corrected chi connectivity index (χ0v) is 17.1. The van der Waals surface area contributed by atoms with Crippen molar-refractivity contribution in [3.05, 3.63) is 76.9 Å². The Morgan fingerprint density at radius 1 is 1.06 bits per heavy atom. The smallest absolute Gasteiger partial charge is 0.261 e. The second kappa shape index (κ2) is 8.85. The minimum atomic E-state index is -0.434. The quantitative estimate of drug-likeness (QED) is 0.438. The highest BCUT2D eigenvalue weighted by Gasteiger charge is 2.35. The summed E-state index contributed by atoms with van der Waals surface area (Å²) in [5.41, 5.74) is 2.02. The number of H-pyrrole nitrogens is 1. The number of aromatic amines is 1. The number of nitrogens with zero attached hydrogens (tertiary/aromatic N) is 3. The van der Waals surface area contributed by atoms with Gasteiger partial charge in [-0.1, -0.05) is 54.2 Å². The molecule has 2 heterocycles. The molecule has 2 aromatic carbocycles. The standard InChI is InChI=1S/C22H17N5O3S/c23-12-17-19(25-26-20(17)31-13-14-6-2-1-3-7-14)24-18(28)10-11-27-21(29)15-8-4-5-9-16(15)22(27)30/h1-9H,10-11,13H2,(H2,24,25,26,28). The third kappa shape index (κ3) is 4.20. The van der Waals surface area contributed by atoms with Gasteiger partial charge >= 0.3 is 0 Å². The minimum Gasteiger partial charge on any atom is -0.310 e. The number of nitriles is 1. The van der Waals surface area contributed by atoms with E-state index in [0.29, 0.717) is 21.9 Å². The number of aromatic nitrogens is 2. The molecule has 1 aliphatic heterocycles. The molecule has 2 N–H and O–H groups in total. The van der Waals surface area contributed by atoms with Crippen LogP contribution in [0.25, 0.3) is 0 Å². The Hall–Kier alpha value is -3.90. The molecule has 0 bridgehead atoms. The van der Waals surface area contributed by atoms with E-state index in [4.69, 9.17) is 0 Å². The Bertz CT molecular complexity index is 1160. The lowest BCUT2D eigenvalue weighted by molar-refractivity contribution is -0.116. The highest BCUT2D eigenvalue weighted by Crippen LogP contribution is 2.28. The summed E-state index contributed by atoms with van der Waals surface area (Å²) >= 11 is 1.39. The molecular formula is C22H17N5O3S. The molecule has 3 amide bonds. The van der Waals surface area contributed by atoms with E-state index < -0.39 is 17.7 Å². The first-order chi connectivity index (χ1) is 15.1. The predicted octanol–water partition coefficient (Wildman–Crippen LogP) is 3.20. The van der Waals surface area contributed by atoms with E-state index in [9.17, 15) is 19.6 Å². The van der Waals surface area contributed by atoms with Crippen LogP contribution in [-0.2, 0) is 10.5 Å². The van der Waals surface area contributed by atoms with E-state index >= 15 is 0 Å². The normalized spacial score (nSPS) is 12.5. The lowest BCUT2D eigenvalue weighted by Crippen LogP contribution is -2.33. The molecule has 0 aliphatic carbocycles. The van der Waals surface area contributed by atoms with Crippen LogP contribution in [-0.4, -0.2) is 39.4 Å². The maximum atomic E-state index is 12.4. The number of fused-ring (bicyclic) bond motifs is 1. The average molecular weight is 431 g/mol. The fraction of sp³-hybridized carbons (Fsp3) is 0.136. The molecule has 0 fully saturated rings. The number of hydrogen-bond donors (Lipinski definition) is 2. The molecule has 154 valence electrons. The van der Waals surface area contributed by atoms with Gasteiger partial charge in [0.1, 0.15) is 22.5 Å². The lowest BCUT2D eigenvalue weighted by atomic mass is 10.1. The highest BCUT2D eigenvalue weighted by atomic mass is 32.2.